The van der Waals surface area contributed by atoms with Crippen LogP contribution in [0, 0.1) is 5.41 Å². The summed E-state index contributed by atoms with van der Waals surface area (Å²) in [4.78, 5) is 14.5. The Bertz CT molecular complexity index is 947. The molecule has 0 saturated carbocycles. The van der Waals surface area contributed by atoms with Crippen LogP contribution < -0.4 is 8.92 Å². The second-order valence-electron chi connectivity index (χ2n) is 8.40. The zero-order chi connectivity index (χ0) is 23.1. The number of rotatable bonds is 10. The molecule has 7 nitrogen and oxygen atoms in total. The molecule has 0 aliphatic rings. The van der Waals surface area contributed by atoms with Gasteiger partial charge in [-0.15, -0.1) is 0 Å². The van der Waals surface area contributed by atoms with Crippen molar-refractivity contribution in [2.75, 3.05) is 27.4 Å². The molecular formula is C23H31NO6S. The molecule has 0 atom stereocenters. The molecule has 0 N–H and O–H groups in total. The monoisotopic (exact) mass is 449 g/mol. The van der Waals surface area contributed by atoms with Crippen LogP contribution in [0.25, 0.3) is 0 Å². The normalized spacial score (nSPS) is 11.8. The fourth-order valence-corrected chi connectivity index (χ4v) is 3.78. The van der Waals surface area contributed by atoms with Crippen molar-refractivity contribution in [3.05, 3.63) is 54.1 Å². The number of methoxy groups -OCH3 is 2. The predicted molar refractivity (Wildman–Crippen MR) is 119 cm³/mol. The van der Waals surface area contributed by atoms with Gasteiger partial charge in [0.1, 0.15) is 16.4 Å². The molecular weight excluding hydrogens is 418 g/mol. The van der Waals surface area contributed by atoms with Crippen molar-refractivity contribution >= 4 is 16.0 Å². The second kappa shape index (κ2) is 10.6. The number of amides is 1. The van der Waals surface area contributed by atoms with Crippen molar-refractivity contribution in [3.63, 3.8) is 0 Å². The molecule has 0 aliphatic heterocycles. The Morgan fingerprint density at radius 3 is 2.03 bits per heavy atom. The SMILES string of the molecule is COCCN(Cc1ccc(OS(=O)(=O)c2ccc(OC)cc2)cc1)C(=O)CC(C)(C)C. The molecule has 0 aromatic heterocycles. The summed E-state index contributed by atoms with van der Waals surface area (Å²) in [6.07, 6.45) is 0.429. The van der Waals surface area contributed by atoms with Gasteiger partial charge in [-0.05, 0) is 47.4 Å². The quantitative estimate of drug-likeness (QED) is 0.512. The lowest BCUT2D eigenvalue weighted by atomic mass is 9.91. The molecule has 0 spiro atoms. The van der Waals surface area contributed by atoms with Crippen molar-refractivity contribution in [1.82, 2.24) is 4.90 Å². The van der Waals surface area contributed by atoms with Gasteiger partial charge < -0.3 is 18.6 Å². The minimum absolute atomic E-state index is 0.0379. The van der Waals surface area contributed by atoms with Gasteiger partial charge in [-0.3, -0.25) is 4.79 Å². The minimum Gasteiger partial charge on any atom is -0.497 e. The van der Waals surface area contributed by atoms with Crippen LogP contribution in [-0.4, -0.2) is 46.6 Å². The highest BCUT2D eigenvalue weighted by molar-refractivity contribution is 7.87. The van der Waals surface area contributed by atoms with Gasteiger partial charge in [-0.2, -0.15) is 8.42 Å². The Morgan fingerprint density at radius 1 is 0.935 bits per heavy atom. The maximum atomic E-state index is 12.7. The maximum Gasteiger partial charge on any atom is 0.339 e. The first-order valence-corrected chi connectivity index (χ1v) is 11.4. The molecule has 0 saturated heterocycles. The van der Waals surface area contributed by atoms with Gasteiger partial charge in [0.15, 0.2) is 0 Å². The highest BCUT2D eigenvalue weighted by atomic mass is 32.2. The van der Waals surface area contributed by atoms with Crippen molar-refractivity contribution in [2.24, 2.45) is 5.41 Å². The highest BCUT2D eigenvalue weighted by Gasteiger charge is 2.22. The van der Waals surface area contributed by atoms with Crippen LogP contribution in [0.3, 0.4) is 0 Å². The van der Waals surface area contributed by atoms with Gasteiger partial charge in [-0.25, -0.2) is 0 Å². The average molecular weight is 450 g/mol. The number of carbonyl (C=O) groups is 1. The standard InChI is InChI=1S/C23H31NO6S/c1-23(2,3)16-22(25)24(14-15-28-4)17-18-6-8-20(9-7-18)30-31(26,27)21-12-10-19(29-5)11-13-21/h6-13H,14-17H2,1-5H3. The minimum atomic E-state index is -3.96. The molecule has 1 amide bonds. The third kappa shape index (κ3) is 7.88. The van der Waals surface area contributed by atoms with Crippen LogP contribution in [0.15, 0.2) is 53.4 Å². The number of hydrogen-bond donors (Lipinski definition) is 0. The van der Waals surface area contributed by atoms with Gasteiger partial charge in [0.25, 0.3) is 0 Å². The third-order valence-corrected chi connectivity index (χ3v) is 5.71. The molecule has 0 unspecified atom stereocenters. The first-order chi connectivity index (χ1) is 14.5. The van der Waals surface area contributed by atoms with Gasteiger partial charge in [0.2, 0.25) is 5.91 Å². The summed E-state index contributed by atoms with van der Waals surface area (Å²) in [6.45, 7) is 7.40. The van der Waals surface area contributed by atoms with E-state index < -0.39 is 10.1 Å². The molecule has 0 bridgehead atoms. The lowest BCUT2D eigenvalue weighted by Crippen LogP contribution is -2.35. The van der Waals surface area contributed by atoms with Crippen LogP contribution in [0.4, 0.5) is 0 Å². The predicted octanol–water partition coefficient (Wildman–Crippen LogP) is 3.87. The summed E-state index contributed by atoms with van der Waals surface area (Å²) < 4.78 is 40.4. The summed E-state index contributed by atoms with van der Waals surface area (Å²) in [7, 11) is -0.849. The number of ether oxygens (including phenoxy) is 2. The molecule has 0 heterocycles. The van der Waals surface area contributed by atoms with E-state index in [1.807, 2.05) is 20.8 Å². The Labute approximate surface area is 185 Å². The van der Waals surface area contributed by atoms with Crippen LogP contribution in [0.5, 0.6) is 11.5 Å². The second-order valence-corrected chi connectivity index (χ2v) is 9.95. The highest BCUT2D eigenvalue weighted by Crippen LogP contribution is 2.23. The van der Waals surface area contributed by atoms with E-state index in [9.17, 15) is 13.2 Å². The summed E-state index contributed by atoms with van der Waals surface area (Å²) in [6, 6.07) is 12.6. The van der Waals surface area contributed by atoms with Gasteiger partial charge in [0.05, 0.1) is 13.7 Å². The Hall–Kier alpha value is -2.58. The Morgan fingerprint density at radius 2 is 1.52 bits per heavy atom. The van der Waals surface area contributed by atoms with E-state index >= 15 is 0 Å². The maximum absolute atomic E-state index is 12.7. The van der Waals surface area contributed by atoms with Crippen LogP contribution in [0.1, 0.15) is 32.8 Å². The lowest BCUT2D eigenvalue weighted by molar-refractivity contribution is -0.134. The van der Waals surface area contributed by atoms with Crippen molar-refractivity contribution in [2.45, 2.75) is 38.6 Å². The molecule has 0 radical (unpaired) electrons. The van der Waals surface area contributed by atoms with Crippen molar-refractivity contribution < 1.29 is 26.9 Å². The molecule has 2 aromatic rings. The molecule has 170 valence electrons. The van der Waals surface area contributed by atoms with E-state index in [0.29, 0.717) is 31.9 Å². The molecule has 8 heteroatoms. The van der Waals surface area contributed by atoms with Gasteiger partial charge >= 0.3 is 10.1 Å². The lowest BCUT2D eigenvalue weighted by Gasteiger charge is -2.26. The largest absolute Gasteiger partial charge is 0.497 e. The zero-order valence-electron chi connectivity index (χ0n) is 18.8. The summed E-state index contributed by atoms with van der Waals surface area (Å²) in [5.74, 6) is 0.804. The van der Waals surface area contributed by atoms with E-state index in [1.165, 1.54) is 19.2 Å². The summed E-state index contributed by atoms with van der Waals surface area (Å²) in [5.41, 5.74) is 0.753. The van der Waals surface area contributed by atoms with Crippen molar-refractivity contribution in [1.29, 1.82) is 0 Å². The van der Waals surface area contributed by atoms with Gasteiger partial charge in [0, 0.05) is 26.6 Å². The average Bonchev–Trinajstić information content (AvgIpc) is 2.71. The molecule has 0 fully saturated rings. The molecule has 2 aromatic carbocycles. The topological polar surface area (TPSA) is 82.1 Å². The fourth-order valence-electron chi connectivity index (χ4n) is 2.85. The number of carbonyl (C=O) groups excluding carboxylic acids is 1. The third-order valence-electron chi connectivity index (χ3n) is 4.45. The molecule has 0 aliphatic carbocycles. The number of benzene rings is 2. The van der Waals surface area contributed by atoms with Gasteiger partial charge in [-0.1, -0.05) is 32.9 Å². The van der Waals surface area contributed by atoms with Crippen LogP contribution in [0.2, 0.25) is 0 Å². The smallest absolute Gasteiger partial charge is 0.339 e. The zero-order valence-corrected chi connectivity index (χ0v) is 19.6. The first kappa shape index (κ1) is 24.7. The number of hydrogen-bond acceptors (Lipinski definition) is 6. The van der Waals surface area contributed by atoms with E-state index in [1.54, 1.807) is 48.4 Å². The van der Waals surface area contributed by atoms with E-state index in [4.69, 9.17) is 13.7 Å². The first-order valence-electron chi connectivity index (χ1n) is 9.98. The summed E-state index contributed by atoms with van der Waals surface area (Å²) in [5, 5.41) is 0. The fraction of sp³-hybridized carbons (Fsp3) is 0.435. The van der Waals surface area contributed by atoms with E-state index in [2.05, 4.69) is 0 Å². The van der Waals surface area contributed by atoms with E-state index in [-0.39, 0.29) is 22.0 Å². The molecule has 2 rings (SSSR count). The van der Waals surface area contributed by atoms with Crippen molar-refractivity contribution in [3.8, 4) is 11.5 Å². The number of nitrogens with zero attached hydrogens (tertiary/aromatic N) is 1. The Balaban J connectivity index is 2.08. The Kier molecular flexibility index (Phi) is 8.47. The van der Waals surface area contributed by atoms with Crippen LogP contribution >= 0.6 is 0 Å². The van der Waals surface area contributed by atoms with Crippen LogP contribution in [-0.2, 0) is 26.2 Å². The molecule has 31 heavy (non-hydrogen) atoms. The summed E-state index contributed by atoms with van der Waals surface area (Å²) >= 11 is 0. The van der Waals surface area contributed by atoms with E-state index in [0.717, 1.165) is 5.56 Å².